The molecule has 0 N–H and O–H groups in total. The van der Waals surface area contributed by atoms with Gasteiger partial charge in [0.05, 0.1) is 11.6 Å². The van der Waals surface area contributed by atoms with Gasteiger partial charge in [0, 0.05) is 50.8 Å². The maximum absolute atomic E-state index is 12.5. The molecule has 1 amide bonds. The Morgan fingerprint density at radius 1 is 1.07 bits per heavy atom. The SMILES string of the molecule is CC(C)Cc1ccc(C(=O)CCC(=O)N2CCN(c3cc(C#N)ccn3)CC2)cc1. The lowest BCUT2D eigenvalue weighted by Gasteiger charge is -2.35. The molecule has 0 unspecified atom stereocenters. The Bertz CT molecular complexity index is 923. The number of ketones is 1. The van der Waals surface area contributed by atoms with Gasteiger partial charge in [0.25, 0.3) is 0 Å². The Labute approximate surface area is 178 Å². The van der Waals surface area contributed by atoms with Crippen molar-refractivity contribution in [3.05, 3.63) is 59.3 Å². The van der Waals surface area contributed by atoms with Crippen LogP contribution in [0.5, 0.6) is 0 Å². The van der Waals surface area contributed by atoms with E-state index in [9.17, 15) is 9.59 Å². The van der Waals surface area contributed by atoms with Crippen molar-refractivity contribution in [1.82, 2.24) is 9.88 Å². The summed E-state index contributed by atoms with van der Waals surface area (Å²) in [6.07, 6.45) is 3.09. The molecule has 0 aliphatic carbocycles. The average molecular weight is 405 g/mol. The largest absolute Gasteiger partial charge is 0.353 e. The van der Waals surface area contributed by atoms with Crippen LogP contribution in [-0.4, -0.2) is 47.8 Å². The highest BCUT2D eigenvalue weighted by Gasteiger charge is 2.22. The lowest BCUT2D eigenvalue weighted by molar-refractivity contribution is -0.131. The summed E-state index contributed by atoms with van der Waals surface area (Å²) < 4.78 is 0. The minimum absolute atomic E-state index is 0.00982. The summed E-state index contributed by atoms with van der Waals surface area (Å²) >= 11 is 0. The summed E-state index contributed by atoms with van der Waals surface area (Å²) in [4.78, 5) is 33.2. The molecule has 0 bridgehead atoms. The second-order valence-electron chi connectivity index (χ2n) is 8.10. The third-order valence-electron chi connectivity index (χ3n) is 5.32. The predicted octanol–water partition coefficient (Wildman–Crippen LogP) is 3.46. The molecule has 30 heavy (non-hydrogen) atoms. The Balaban J connectivity index is 1.46. The molecule has 0 spiro atoms. The van der Waals surface area contributed by atoms with Gasteiger partial charge in [0.2, 0.25) is 5.91 Å². The van der Waals surface area contributed by atoms with E-state index in [1.165, 1.54) is 5.56 Å². The maximum atomic E-state index is 12.5. The van der Waals surface area contributed by atoms with Crippen molar-refractivity contribution in [2.45, 2.75) is 33.1 Å². The van der Waals surface area contributed by atoms with Crippen molar-refractivity contribution in [2.24, 2.45) is 5.92 Å². The van der Waals surface area contributed by atoms with Crippen LogP contribution >= 0.6 is 0 Å². The van der Waals surface area contributed by atoms with E-state index in [-0.39, 0.29) is 24.5 Å². The predicted molar refractivity (Wildman–Crippen MR) is 116 cm³/mol. The van der Waals surface area contributed by atoms with Gasteiger partial charge < -0.3 is 9.80 Å². The number of pyridine rings is 1. The molecule has 6 nitrogen and oxygen atoms in total. The average Bonchev–Trinajstić information content (AvgIpc) is 2.77. The molecule has 1 aliphatic heterocycles. The Kier molecular flexibility index (Phi) is 7.18. The number of Topliss-reactive ketones (excluding diaryl/α,β-unsaturated/α-hetero) is 1. The van der Waals surface area contributed by atoms with Gasteiger partial charge >= 0.3 is 0 Å². The van der Waals surface area contributed by atoms with Crippen molar-refractivity contribution in [3.63, 3.8) is 0 Å². The van der Waals surface area contributed by atoms with Gasteiger partial charge in [-0.15, -0.1) is 0 Å². The van der Waals surface area contributed by atoms with Crippen LogP contribution in [-0.2, 0) is 11.2 Å². The van der Waals surface area contributed by atoms with Gasteiger partial charge in [0.15, 0.2) is 5.78 Å². The summed E-state index contributed by atoms with van der Waals surface area (Å²) in [5.74, 6) is 1.36. The van der Waals surface area contributed by atoms with Gasteiger partial charge in [-0.1, -0.05) is 38.1 Å². The highest BCUT2D eigenvalue weighted by molar-refractivity contribution is 5.98. The van der Waals surface area contributed by atoms with Crippen molar-refractivity contribution in [3.8, 4) is 6.07 Å². The van der Waals surface area contributed by atoms with E-state index in [1.54, 1.807) is 18.3 Å². The number of nitrogens with zero attached hydrogens (tertiary/aromatic N) is 4. The maximum Gasteiger partial charge on any atom is 0.223 e. The van der Waals surface area contributed by atoms with Gasteiger partial charge in [-0.3, -0.25) is 9.59 Å². The molecule has 0 atom stereocenters. The molecular weight excluding hydrogens is 376 g/mol. The second kappa shape index (κ2) is 10.0. The quantitative estimate of drug-likeness (QED) is 0.661. The van der Waals surface area contributed by atoms with E-state index in [1.807, 2.05) is 29.2 Å². The number of benzene rings is 1. The molecule has 156 valence electrons. The first-order valence-corrected chi connectivity index (χ1v) is 10.5. The molecule has 2 heterocycles. The molecular formula is C24H28N4O2. The van der Waals surface area contributed by atoms with Crippen LogP contribution in [0.15, 0.2) is 42.6 Å². The molecule has 1 aliphatic rings. The van der Waals surface area contributed by atoms with Gasteiger partial charge in [-0.25, -0.2) is 4.98 Å². The first-order chi connectivity index (χ1) is 14.5. The number of carbonyl (C=O) groups is 2. The highest BCUT2D eigenvalue weighted by atomic mass is 16.2. The van der Waals surface area contributed by atoms with Crippen molar-refractivity contribution in [1.29, 1.82) is 5.26 Å². The van der Waals surface area contributed by atoms with Crippen molar-refractivity contribution < 1.29 is 9.59 Å². The van der Waals surface area contributed by atoms with Gasteiger partial charge in [-0.2, -0.15) is 5.26 Å². The van der Waals surface area contributed by atoms with Crippen LogP contribution in [0, 0.1) is 17.2 Å². The summed E-state index contributed by atoms with van der Waals surface area (Å²) in [6.45, 7) is 6.86. The molecule has 0 saturated carbocycles. The summed E-state index contributed by atoms with van der Waals surface area (Å²) in [7, 11) is 0. The number of nitriles is 1. The Morgan fingerprint density at radius 2 is 1.77 bits per heavy atom. The molecule has 1 aromatic carbocycles. The van der Waals surface area contributed by atoms with E-state index in [0.29, 0.717) is 43.2 Å². The van der Waals surface area contributed by atoms with Crippen molar-refractivity contribution >= 4 is 17.5 Å². The topological polar surface area (TPSA) is 77.3 Å². The van der Waals surface area contributed by atoms with Gasteiger partial charge in [0.1, 0.15) is 5.82 Å². The molecule has 2 aromatic rings. The van der Waals surface area contributed by atoms with E-state index in [4.69, 9.17) is 5.26 Å². The van der Waals surface area contributed by atoms with E-state index < -0.39 is 0 Å². The van der Waals surface area contributed by atoms with Crippen LogP contribution in [0.1, 0.15) is 48.2 Å². The second-order valence-corrected chi connectivity index (χ2v) is 8.10. The summed E-state index contributed by atoms with van der Waals surface area (Å²) in [5.41, 5.74) is 2.48. The molecule has 1 saturated heterocycles. The monoisotopic (exact) mass is 404 g/mol. The third-order valence-corrected chi connectivity index (χ3v) is 5.32. The molecule has 3 rings (SSSR count). The smallest absolute Gasteiger partial charge is 0.223 e. The highest BCUT2D eigenvalue weighted by Crippen LogP contribution is 2.16. The minimum Gasteiger partial charge on any atom is -0.353 e. The van der Waals surface area contributed by atoms with E-state index in [0.717, 1.165) is 12.2 Å². The number of amides is 1. The molecule has 0 radical (unpaired) electrons. The fraction of sp³-hybridized carbons (Fsp3) is 0.417. The van der Waals surface area contributed by atoms with Crippen LogP contribution in [0.25, 0.3) is 0 Å². The zero-order valence-electron chi connectivity index (χ0n) is 17.7. The fourth-order valence-electron chi connectivity index (χ4n) is 3.67. The number of piperazine rings is 1. The minimum atomic E-state index is 0.00982. The van der Waals surface area contributed by atoms with E-state index in [2.05, 4.69) is 29.8 Å². The molecule has 1 aromatic heterocycles. The Hall–Kier alpha value is -3.20. The summed E-state index contributed by atoms with van der Waals surface area (Å²) in [5, 5.41) is 9.03. The van der Waals surface area contributed by atoms with Crippen LogP contribution < -0.4 is 4.90 Å². The number of hydrogen-bond donors (Lipinski definition) is 0. The number of hydrogen-bond acceptors (Lipinski definition) is 5. The molecule has 6 heteroatoms. The normalized spacial score (nSPS) is 13.9. The lowest BCUT2D eigenvalue weighted by atomic mass is 9.99. The first kappa shape index (κ1) is 21.5. The molecule has 1 fully saturated rings. The zero-order valence-corrected chi connectivity index (χ0v) is 17.7. The first-order valence-electron chi connectivity index (χ1n) is 10.5. The van der Waals surface area contributed by atoms with Crippen LogP contribution in [0.4, 0.5) is 5.82 Å². The number of anilines is 1. The lowest BCUT2D eigenvalue weighted by Crippen LogP contribution is -2.49. The van der Waals surface area contributed by atoms with Gasteiger partial charge in [-0.05, 0) is 30.0 Å². The standard InChI is InChI=1S/C24H28N4O2/c1-18(2)15-19-3-5-21(6-4-19)22(29)7-8-24(30)28-13-11-27(12-14-28)23-16-20(17-25)9-10-26-23/h3-6,9-10,16,18H,7-8,11-15H2,1-2H3. The number of carbonyl (C=O) groups excluding carboxylic acids is 2. The van der Waals surface area contributed by atoms with Crippen molar-refractivity contribution in [2.75, 3.05) is 31.1 Å². The number of aromatic nitrogens is 1. The van der Waals surface area contributed by atoms with Crippen LogP contribution in [0.2, 0.25) is 0 Å². The fourth-order valence-corrected chi connectivity index (χ4v) is 3.67. The number of rotatable bonds is 7. The third kappa shape index (κ3) is 5.66. The van der Waals surface area contributed by atoms with E-state index >= 15 is 0 Å². The Morgan fingerprint density at radius 3 is 2.40 bits per heavy atom. The zero-order chi connectivity index (χ0) is 21.5. The summed E-state index contributed by atoms with van der Waals surface area (Å²) in [6, 6.07) is 13.3. The van der Waals surface area contributed by atoms with Crippen LogP contribution in [0.3, 0.4) is 0 Å².